The van der Waals surface area contributed by atoms with E-state index < -0.39 is 5.43 Å². The predicted octanol–water partition coefficient (Wildman–Crippen LogP) is 2.59. The van der Waals surface area contributed by atoms with Gasteiger partial charge in [-0.15, -0.1) is 0 Å². The molecule has 3 rings (SSSR count). The molecule has 0 amide bonds. The van der Waals surface area contributed by atoms with Crippen molar-refractivity contribution in [3.8, 4) is 34.1 Å². The summed E-state index contributed by atoms with van der Waals surface area (Å²) in [7, 11) is 1.32. The molecular formula is C16H12O6. The standard InChI is InChI=1S/C16H12O6/c1-21-12-6-11(18)13-14(19)10(7-22-16(13)15(12)20)8-2-4-9(17)5-3-8/h2-7,17-18,20H,1H3. The van der Waals surface area contributed by atoms with Crippen LogP contribution in [0.15, 0.2) is 45.8 Å². The fourth-order valence-corrected chi connectivity index (χ4v) is 2.25. The average molecular weight is 300 g/mol. The van der Waals surface area contributed by atoms with Crippen molar-refractivity contribution in [2.45, 2.75) is 0 Å². The normalized spacial score (nSPS) is 10.8. The largest absolute Gasteiger partial charge is 0.508 e. The molecule has 2 aromatic carbocycles. The molecule has 0 aliphatic carbocycles. The van der Waals surface area contributed by atoms with E-state index in [-0.39, 0.29) is 39.5 Å². The molecule has 1 aromatic heterocycles. The summed E-state index contributed by atoms with van der Waals surface area (Å²) < 4.78 is 10.2. The van der Waals surface area contributed by atoms with Crippen LogP contribution in [0.25, 0.3) is 22.1 Å². The number of phenols is 3. The van der Waals surface area contributed by atoms with Crippen LogP contribution in [-0.2, 0) is 0 Å². The third-order valence-corrected chi connectivity index (χ3v) is 3.36. The Labute approximate surface area is 124 Å². The van der Waals surface area contributed by atoms with Crippen LogP contribution in [0, 0.1) is 0 Å². The lowest BCUT2D eigenvalue weighted by Crippen LogP contribution is -2.05. The highest BCUT2D eigenvalue weighted by atomic mass is 16.5. The Hall–Kier alpha value is -3.15. The first-order valence-corrected chi connectivity index (χ1v) is 6.36. The van der Waals surface area contributed by atoms with Gasteiger partial charge in [-0.2, -0.15) is 0 Å². The number of rotatable bonds is 2. The summed E-state index contributed by atoms with van der Waals surface area (Å²) in [6.45, 7) is 0. The van der Waals surface area contributed by atoms with E-state index in [2.05, 4.69) is 0 Å². The number of fused-ring (bicyclic) bond motifs is 1. The lowest BCUT2D eigenvalue weighted by atomic mass is 10.0. The third kappa shape index (κ3) is 2.01. The minimum Gasteiger partial charge on any atom is -0.508 e. The fraction of sp³-hybridized carbons (Fsp3) is 0.0625. The van der Waals surface area contributed by atoms with Crippen molar-refractivity contribution in [3.05, 3.63) is 46.8 Å². The first-order chi connectivity index (χ1) is 10.5. The summed E-state index contributed by atoms with van der Waals surface area (Å²) in [6.07, 6.45) is 1.19. The molecule has 0 aliphatic heterocycles. The van der Waals surface area contributed by atoms with Crippen molar-refractivity contribution >= 4 is 11.0 Å². The molecule has 1 heterocycles. The van der Waals surface area contributed by atoms with Gasteiger partial charge in [-0.05, 0) is 17.7 Å². The minimum absolute atomic E-state index is 0.00512. The van der Waals surface area contributed by atoms with E-state index in [1.54, 1.807) is 12.1 Å². The van der Waals surface area contributed by atoms with E-state index in [0.29, 0.717) is 5.56 Å². The van der Waals surface area contributed by atoms with E-state index in [4.69, 9.17) is 9.15 Å². The van der Waals surface area contributed by atoms with Gasteiger partial charge in [0.25, 0.3) is 0 Å². The number of methoxy groups -OCH3 is 1. The molecule has 0 radical (unpaired) electrons. The van der Waals surface area contributed by atoms with Crippen molar-refractivity contribution in [3.63, 3.8) is 0 Å². The molecule has 3 N–H and O–H groups in total. The van der Waals surface area contributed by atoms with Gasteiger partial charge in [0.1, 0.15) is 23.1 Å². The molecule has 22 heavy (non-hydrogen) atoms. The zero-order valence-corrected chi connectivity index (χ0v) is 11.5. The maximum atomic E-state index is 12.6. The predicted molar refractivity (Wildman–Crippen MR) is 79.5 cm³/mol. The molecule has 0 aliphatic rings. The lowest BCUT2D eigenvalue weighted by molar-refractivity contribution is 0.367. The second kappa shape index (κ2) is 5.00. The van der Waals surface area contributed by atoms with Gasteiger partial charge < -0.3 is 24.5 Å². The van der Waals surface area contributed by atoms with E-state index in [1.165, 1.54) is 25.5 Å². The van der Waals surface area contributed by atoms with Crippen LogP contribution in [0.5, 0.6) is 23.0 Å². The molecule has 0 unspecified atom stereocenters. The first kappa shape index (κ1) is 13.8. The Balaban J connectivity index is 2.33. The zero-order chi connectivity index (χ0) is 15.9. The second-order valence-electron chi connectivity index (χ2n) is 4.68. The van der Waals surface area contributed by atoms with Crippen LogP contribution in [-0.4, -0.2) is 22.4 Å². The van der Waals surface area contributed by atoms with Gasteiger partial charge in [0.15, 0.2) is 11.3 Å². The molecule has 3 aromatic rings. The van der Waals surface area contributed by atoms with Gasteiger partial charge in [0.2, 0.25) is 11.2 Å². The van der Waals surface area contributed by atoms with Crippen molar-refractivity contribution in [2.75, 3.05) is 7.11 Å². The first-order valence-electron chi connectivity index (χ1n) is 6.36. The fourth-order valence-electron chi connectivity index (χ4n) is 2.25. The average Bonchev–Trinajstić information content (AvgIpc) is 2.51. The van der Waals surface area contributed by atoms with Gasteiger partial charge >= 0.3 is 0 Å². The number of phenolic OH excluding ortho intramolecular Hbond substituents is 3. The minimum atomic E-state index is -0.498. The van der Waals surface area contributed by atoms with Crippen LogP contribution in [0.3, 0.4) is 0 Å². The summed E-state index contributed by atoms with van der Waals surface area (Å²) >= 11 is 0. The van der Waals surface area contributed by atoms with Gasteiger partial charge in [-0.3, -0.25) is 4.79 Å². The Bertz CT molecular complexity index is 909. The van der Waals surface area contributed by atoms with E-state index in [9.17, 15) is 20.1 Å². The van der Waals surface area contributed by atoms with Crippen LogP contribution in [0.2, 0.25) is 0 Å². The topological polar surface area (TPSA) is 100 Å². The van der Waals surface area contributed by atoms with Gasteiger partial charge in [0.05, 0.1) is 12.7 Å². The smallest absolute Gasteiger partial charge is 0.204 e. The van der Waals surface area contributed by atoms with Crippen LogP contribution in [0.1, 0.15) is 0 Å². The SMILES string of the molecule is COc1cc(O)c2c(=O)c(-c3ccc(O)cc3)coc2c1O. The Morgan fingerprint density at radius 2 is 1.77 bits per heavy atom. The third-order valence-electron chi connectivity index (χ3n) is 3.36. The highest BCUT2D eigenvalue weighted by Crippen LogP contribution is 2.39. The van der Waals surface area contributed by atoms with Gasteiger partial charge in [0, 0.05) is 6.07 Å². The van der Waals surface area contributed by atoms with Gasteiger partial charge in [-0.25, -0.2) is 0 Å². The lowest BCUT2D eigenvalue weighted by Gasteiger charge is -2.09. The maximum absolute atomic E-state index is 12.6. The molecule has 0 fully saturated rings. The van der Waals surface area contributed by atoms with Crippen molar-refractivity contribution in [2.24, 2.45) is 0 Å². The number of aromatic hydroxyl groups is 3. The van der Waals surface area contributed by atoms with Crippen molar-refractivity contribution in [1.29, 1.82) is 0 Å². The molecular weight excluding hydrogens is 288 g/mol. The quantitative estimate of drug-likeness (QED) is 0.629. The Morgan fingerprint density at radius 3 is 2.41 bits per heavy atom. The molecule has 6 heteroatoms. The highest BCUT2D eigenvalue weighted by molar-refractivity contribution is 5.92. The highest BCUT2D eigenvalue weighted by Gasteiger charge is 2.19. The maximum Gasteiger partial charge on any atom is 0.204 e. The zero-order valence-electron chi connectivity index (χ0n) is 11.5. The van der Waals surface area contributed by atoms with Crippen molar-refractivity contribution < 1.29 is 24.5 Å². The number of benzene rings is 2. The summed E-state index contributed by atoms with van der Waals surface area (Å²) in [4.78, 5) is 12.6. The summed E-state index contributed by atoms with van der Waals surface area (Å²) in [5, 5.41) is 29.2. The van der Waals surface area contributed by atoms with E-state index in [0.717, 1.165) is 6.07 Å². The van der Waals surface area contributed by atoms with Crippen LogP contribution in [0.4, 0.5) is 0 Å². The Kier molecular flexibility index (Phi) is 3.14. The summed E-state index contributed by atoms with van der Waals surface area (Å²) in [5.74, 6) is -0.631. The Morgan fingerprint density at radius 1 is 1.09 bits per heavy atom. The van der Waals surface area contributed by atoms with E-state index >= 15 is 0 Å². The number of hydrogen-bond donors (Lipinski definition) is 3. The molecule has 6 nitrogen and oxygen atoms in total. The van der Waals surface area contributed by atoms with Gasteiger partial charge in [-0.1, -0.05) is 12.1 Å². The van der Waals surface area contributed by atoms with Crippen LogP contribution >= 0.6 is 0 Å². The van der Waals surface area contributed by atoms with Crippen molar-refractivity contribution in [1.82, 2.24) is 0 Å². The molecule has 0 saturated heterocycles. The molecule has 0 bridgehead atoms. The second-order valence-corrected chi connectivity index (χ2v) is 4.68. The number of ether oxygens (including phenoxy) is 1. The molecule has 0 spiro atoms. The molecule has 0 atom stereocenters. The molecule has 112 valence electrons. The monoisotopic (exact) mass is 300 g/mol. The summed E-state index contributed by atoms with van der Waals surface area (Å²) in [6, 6.07) is 7.12. The van der Waals surface area contributed by atoms with E-state index in [1.807, 2.05) is 0 Å². The summed E-state index contributed by atoms with van der Waals surface area (Å²) in [5.41, 5.74) is 0.0716. The van der Waals surface area contributed by atoms with Crippen LogP contribution < -0.4 is 10.2 Å². The molecule has 0 saturated carbocycles. The number of hydrogen-bond acceptors (Lipinski definition) is 6.